The van der Waals surface area contributed by atoms with Crippen LogP contribution < -0.4 is 10.8 Å². The van der Waals surface area contributed by atoms with Crippen LogP contribution in [-0.4, -0.2) is 55.2 Å². The van der Waals surface area contributed by atoms with Crippen LogP contribution in [0.25, 0.3) is 0 Å². The summed E-state index contributed by atoms with van der Waals surface area (Å²) in [5.74, 6) is 1.26. The molecule has 4 fully saturated rings. The van der Waals surface area contributed by atoms with Crippen LogP contribution in [0.3, 0.4) is 0 Å². The monoisotopic (exact) mass is 572 g/mol. The van der Waals surface area contributed by atoms with Crippen LogP contribution >= 0.6 is 0 Å². The summed E-state index contributed by atoms with van der Waals surface area (Å²) in [4.78, 5) is 27.1. The van der Waals surface area contributed by atoms with Crippen LogP contribution in [-0.2, 0) is 27.5 Å². The van der Waals surface area contributed by atoms with E-state index in [0.717, 1.165) is 24.8 Å². The molecular weight excluding hydrogens is 535 g/mol. The number of aliphatic hydroxyl groups excluding tert-OH is 1. The summed E-state index contributed by atoms with van der Waals surface area (Å²) >= 11 is 0. The maximum absolute atomic E-state index is 13.8. The molecule has 4 saturated carbocycles. The van der Waals surface area contributed by atoms with Gasteiger partial charge < -0.3 is 25.2 Å². The molecule has 0 aliphatic heterocycles. The van der Waals surface area contributed by atoms with Gasteiger partial charge in [0, 0.05) is 12.0 Å². The van der Waals surface area contributed by atoms with Crippen LogP contribution in [0.1, 0.15) is 67.9 Å². The second kappa shape index (κ2) is 12.0. The lowest BCUT2D eigenvalue weighted by molar-refractivity contribution is -0.155. The van der Waals surface area contributed by atoms with Crippen molar-refractivity contribution in [2.24, 2.45) is 23.2 Å². The number of esters is 1. The Morgan fingerprint density at radius 2 is 1.64 bits per heavy atom. The number of aryl methyl sites for hydroxylation is 1. The van der Waals surface area contributed by atoms with Crippen molar-refractivity contribution in [3.8, 4) is 0 Å². The number of carbonyl (C=O) groups is 2. The maximum atomic E-state index is 13.8. The molecule has 1 aromatic heterocycles. The minimum Gasteiger partial charge on any atom is -0.459 e. The molecule has 1 amide bonds. The Labute approximate surface area is 245 Å². The summed E-state index contributed by atoms with van der Waals surface area (Å²) < 4.78 is 7.15. The summed E-state index contributed by atoms with van der Waals surface area (Å²) in [6, 6.07) is 15.0. The van der Waals surface area contributed by atoms with E-state index < -0.39 is 30.6 Å². The molecule has 2 aromatic carbocycles. The predicted molar refractivity (Wildman–Crippen MR) is 154 cm³/mol. The zero-order chi connectivity index (χ0) is 29.3. The number of nitrogens with zero attached hydrogens (tertiary/aromatic N) is 3. The lowest BCUT2D eigenvalue weighted by atomic mass is 9.49. The first kappa shape index (κ1) is 28.6. The molecule has 11 heteroatoms. The Morgan fingerprint density at radius 3 is 2.31 bits per heavy atom. The second-order valence-corrected chi connectivity index (χ2v) is 12.4. The summed E-state index contributed by atoms with van der Waals surface area (Å²) in [5.41, 5.74) is 1.17. The topological polar surface area (TPSA) is 147 Å². The van der Waals surface area contributed by atoms with Gasteiger partial charge in [0.1, 0.15) is 24.4 Å². The fraction of sp³-hybridized carbons (Fsp3) is 0.484. The maximum Gasteiger partial charge on any atom is 0.488 e. The third-order valence-electron chi connectivity index (χ3n) is 9.39. The molecular formula is C31H37BN4O6. The first-order chi connectivity index (χ1) is 20.3. The largest absolute Gasteiger partial charge is 0.488 e. The number of aromatic nitrogens is 3. The van der Waals surface area contributed by atoms with Crippen LogP contribution in [0.5, 0.6) is 0 Å². The smallest absolute Gasteiger partial charge is 0.459 e. The third kappa shape index (κ3) is 6.00. The average Bonchev–Trinajstić information content (AvgIpc) is 3.46. The van der Waals surface area contributed by atoms with E-state index in [2.05, 4.69) is 15.6 Å². The van der Waals surface area contributed by atoms with Crippen molar-refractivity contribution in [3.63, 3.8) is 0 Å². The average molecular weight is 572 g/mol. The number of carbonyl (C=O) groups excluding carboxylic acids is 2. The third-order valence-corrected chi connectivity index (χ3v) is 9.39. The van der Waals surface area contributed by atoms with E-state index in [-0.39, 0.29) is 36.6 Å². The van der Waals surface area contributed by atoms with Crippen molar-refractivity contribution < 1.29 is 29.5 Å². The highest BCUT2D eigenvalue weighted by Crippen LogP contribution is 2.60. The number of ether oxygens (including phenoxy) is 1. The number of hydrogen-bond acceptors (Lipinski definition) is 8. The molecule has 0 spiro atoms. The second-order valence-electron chi connectivity index (χ2n) is 12.4. The van der Waals surface area contributed by atoms with E-state index in [1.165, 1.54) is 30.0 Å². The van der Waals surface area contributed by atoms with E-state index in [1.54, 1.807) is 24.4 Å². The first-order valence-corrected chi connectivity index (χ1v) is 14.8. The van der Waals surface area contributed by atoms with Gasteiger partial charge >= 0.3 is 13.1 Å². The Hall–Kier alpha value is -3.54. The fourth-order valence-corrected chi connectivity index (χ4v) is 7.74. The standard InChI is InChI=1S/C31H37BN4O6/c37-28(24-8-4-5-9-25(24)32(40)41)27-18-36(35-34-27)11-10-26(29(38)42-19-20-6-2-1-3-7-20)33-30(39)31-15-21-12-22(16-31)14-23(13-21)17-31/h1-9,18,21-23,26,28,37,40-41H,10-17,19H2,(H,33,39)/t21?,22?,23?,26-,28?,31?/m0/s1. The van der Waals surface area contributed by atoms with Crippen molar-refractivity contribution in [2.75, 3.05) is 0 Å². The molecule has 4 N–H and O–H groups in total. The fourth-order valence-electron chi connectivity index (χ4n) is 7.74. The summed E-state index contributed by atoms with van der Waals surface area (Å²) in [6.07, 6.45) is 6.90. The summed E-state index contributed by atoms with van der Waals surface area (Å²) in [6.45, 7) is 0.357. The Morgan fingerprint density at radius 1 is 1.00 bits per heavy atom. The van der Waals surface area contributed by atoms with Gasteiger partial charge in [0.05, 0.1) is 6.20 Å². The lowest BCUT2D eigenvalue weighted by Crippen LogP contribution is -2.56. The number of rotatable bonds is 11. The molecule has 7 rings (SSSR count). The molecule has 220 valence electrons. The van der Waals surface area contributed by atoms with Crippen LogP contribution in [0, 0.1) is 23.2 Å². The molecule has 2 atom stereocenters. The Kier molecular flexibility index (Phi) is 8.16. The van der Waals surface area contributed by atoms with Gasteiger partial charge in [-0.1, -0.05) is 59.8 Å². The highest BCUT2D eigenvalue weighted by molar-refractivity contribution is 6.59. The lowest BCUT2D eigenvalue weighted by Gasteiger charge is -2.55. The van der Waals surface area contributed by atoms with Crippen LogP contribution in [0.4, 0.5) is 0 Å². The first-order valence-electron chi connectivity index (χ1n) is 14.8. The van der Waals surface area contributed by atoms with Gasteiger partial charge in [-0.05, 0) is 79.3 Å². The van der Waals surface area contributed by atoms with Crippen molar-refractivity contribution in [3.05, 3.63) is 77.6 Å². The van der Waals surface area contributed by atoms with Gasteiger partial charge in [0.25, 0.3) is 0 Å². The van der Waals surface area contributed by atoms with E-state index in [1.807, 2.05) is 30.3 Å². The Bertz CT molecular complexity index is 1380. The van der Waals surface area contributed by atoms with Gasteiger partial charge in [-0.3, -0.25) is 9.48 Å². The molecule has 4 aliphatic rings. The van der Waals surface area contributed by atoms with Crippen LogP contribution in [0.2, 0.25) is 0 Å². The van der Waals surface area contributed by atoms with Gasteiger partial charge in [-0.15, -0.1) is 5.10 Å². The molecule has 4 bridgehead atoms. The van der Waals surface area contributed by atoms with Gasteiger partial charge in [0.2, 0.25) is 5.91 Å². The highest BCUT2D eigenvalue weighted by Gasteiger charge is 2.55. The molecule has 1 heterocycles. The molecule has 0 radical (unpaired) electrons. The van der Waals surface area contributed by atoms with Gasteiger partial charge in [0.15, 0.2) is 0 Å². The molecule has 3 aromatic rings. The van der Waals surface area contributed by atoms with E-state index in [4.69, 9.17) is 4.74 Å². The predicted octanol–water partition coefficient (Wildman–Crippen LogP) is 1.87. The SMILES string of the molecule is O=C(OCc1ccccc1)[C@H](CCn1cc(C(O)c2ccccc2B(O)O)nn1)NC(=O)C12CC3CC(CC(C3)C1)C2. The summed E-state index contributed by atoms with van der Waals surface area (Å²) in [7, 11) is -1.74. The normalized spacial score (nSPS) is 25.5. The quantitative estimate of drug-likeness (QED) is 0.201. The van der Waals surface area contributed by atoms with Gasteiger partial charge in [-0.2, -0.15) is 0 Å². The zero-order valence-electron chi connectivity index (χ0n) is 23.5. The molecule has 4 aliphatic carbocycles. The molecule has 0 saturated heterocycles. The summed E-state index contributed by atoms with van der Waals surface area (Å²) in [5, 5.41) is 41.5. The van der Waals surface area contributed by atoms with E-state index in [9.17, 15) is 24.7 Å². The number of nitrogens with one attached hydrogen (secondary N) is 1. The van der Waals surface area contributed by atoms with E-state index >= 15 is 0 Å². The minimum absolute atomic E-state index is 0.0443. The molecule has 1 unspecified atom stereocenters. The number of benzene rings is 2. The van der Waals surface area contributed by atoms with Crippen LogP contribution in [0.15, 0.2) is 60.8 Å². The highest BCUT2D eigenvalue weighted by atomic mass is 16.5. The Balaban J connectivity index is 1.15. The van der Waals surface area contributed by atoms with Crippen molar-refractivity contribution in [1.29, 1.82) is 0 Å². The van der Waals surface area contributed by atoms with Gasteiger partial charge in [-0.25, -0.2) is 4.79 Å². The zero-order valence-corrected chi connectivity index (χ0v) is 23.5. The van der Waals surface area contributed by atoms with Crippen molar-refractivity contribution >= 4 is 24.5 Å². The van der Waals surface area contributed by atoms with Crippen molar-refractivity contribution in [2.45, 2.75) is 70.2 Å². The number of amides is 1. The molecule has 10 nitrogen and oxygen atoms in total. The van der Waals surface area contributed by atoms with E-state index in [0.29, 0.717) is 23.3 Å². The molecule has 42 heavy (non-hydrogen) atoms. The minimum atomic E-state index is -1.74. The van der Waals surface area contributed by atoms with Crippen molar-refractivity contribution in [1.82, 2.24) is 20.3 Å². The number of aliphatic hydroxyl groups is 1. The number of hydrogen-bond donors (Lipinski definition) is 4.